The van der Waals surface area contributed by atoms with Crippen molar-refractivity contribution in [2.75, 3.05) is 7.11 Å². The van der Waals surface area contributed by atoms with Crippen molar-refractivity contribution in [1.29, 1.82) is 0 Å². The summed E-state index contributed by atoms with van der Waals surface area (Å²) >= 11 is 5.85. The molecule has 1 aromatic carbocycles. The van der Waals surface area contributed by atoms with E-state index < -0.39 is 0 Å². The van der Waals surface area contributed by atoms with Crippen LogP contribution in [0.5, 0.6) is 5.75 Å². The molecule has 5 heteroatoms. The first-order valence-electron chi connectivity index (χ1n) is 5.05. The standard InChI is InChI=1S/C12H11ClN2O2/c1-17-9-4-2-8(3-5-9)12(16)6-11-10(13)7-14-15-11/h2-5,7H,6H2,1H3,(H,14,15). The lowest BCUT2D eigenvalue weighted by Crippen LogP contribution is -2.04. The number of ether oxygens (including phenoxy) is 1. The zero-order chi connectivity index (χ0) is 12.3. The number of nitrogens with one attached hydrogen (secondary N) is 1. The van der Waals surface area contributed by atoms with E-state index in [-0.39, 0.29) is 12.2 Å². The van der Waals surface area contributed by atoms with E-state index in [4.69, 9.17) is 16.3 Å². The van der Waals surface area contributed by atoms with Gasteiger partial charge in [0.25, 0.3) is 0 Å². The van der Waals surface area contributed by atoms with Crippen LogP contribution < -0.4 is 4.74 Å². The van der Waals surface area contributed by atoms with Crippen molar-refractivity contribution in [3.8, 4) is 5.75 Å². The SMILES string of the molecule is COc1ccc(C(=O)Cc2[nH]ncc2Cl)cc1. The monoisotopic (exact) mass is 250 g/mol. The van der Waals surface area contributed by atoms with Crippen LogP contribution in [-0.4, -0.2) is 23.1 Å². The number of rotatable bonds is 4. The van der Waals surface area contributed by atoms with Crippen molar-refractivity contribution in [1.82, 2.24) is 10.2 Å². The second-order valence-corrected chi connectivity index (χ2v) is 3.93. The summed E-state index contributed by atoms with van der Waals surface area (Å²) in [5.41, 5.74) is 1.25. The summed E-state index contributed by atoms with van der Waals surface area (Å²) in [6.45, 7) is 0. The number of hydrogen-bond donors (Lipinski definition) is 1. The largest absolute Gasteiger partial charge is 0.497 e. The van der Waals surface area contributed by atoms with Gasteiger partial charge >= 0.3 is 0 Å². The van der Waals surface area contributed by atoms with Crippen LogP contribution in [0, 0.1) is 0 Å². The molecule has 1 aromatic heterocycles. The molecule has 0 saturated carbocycles. The van der Waals surface area contributed by atoms with Crippen LogP contribution in [-0.2, 0) is 6.42 Å². The number of methoxy groups -OCH3 is 1. The molecule has 2 rings (SSSR count). The summed E-state index contributed by atoms with van der Waals surface area (Å²) in [6, 6.07) is 6.96. The predicted octanol–water partition coefficient (Wildman–Crippen LogP) is 2.50. The molecule has 0 spiro atoms. The average Bonchev–Trinajstić information content (AvgIpc) is 2.75. The lowest BCUT2D eigenvalue weighted by molar-refractivity contribution is 0.0992. The van der Waals surface area contributed by atoms with Crippen molar-refractivity contribution in [3.63, 3.8) is 0 Å². The number of carbonyl (C=O) groups excluding carboxylic acids is 1. The first-order chi connectivity index (χ1) is 8.20. The highest BCUT2D eigenvalue weighted by atomic mass is 35.5. The zero-order valence-corrected chi connectivity index (χ0v) is 9.99. The van der Waals surface area contributed by atoms with E-state index in [9.17, 15) is 4.79 Å². The van der Waals surface area contributed by atoms with E-state index in [0.717, 1.165) is 5.75 Å². The topological polar surface area (TPSA) is 55.0 Å². The van der Waals surface area contributed by atoms with Crippen molar-refractivity contribution >= 4 is 17.4 Å². The number of nitrogens with zero attached hydrogens (tertiary/aromatic N) is 1. The number of halogens is 1. The van der Waals surface area contributed by atoms with Crippen molar-refractivity contribution in [2.24, 2.45) is 0 Å². The Morgan fingerprint density at radius 3 is 2.65 bits per heavy atom. The molecule has 0 unspecified atom stereocenters. The quantitative estimate of drug-likeness (QED) is 0.849. The Kier molecular flexibility index (Phi) is 3.44. The molecule has 1 heterocycles. The molecule has 88 valence electrons. The number of aromatic nitrogens is 2. The molecular formula is C12H11ClN2O2. The van der Waals surface area contributed by atoms with Gasteiger partial charge in [0.15, 0.2) is 5.78 Å². The Balaban J connectivity index is 2.12. The van der Waals surface area contributed by atoms with Gasteiger partial charge in [-0.2, -0.15) is 5.10 Å². The minimum atomic E-state index is -0.0150. The first kappa shape index (κ1) is 11.7. The molecule has 0 saturated heterocycles. The molecule has 0 radical (unpaired) electrons. The van der Waals surface area contributed by atoms with E-state index in [2.05, 4.69) is 10.2 Å². The van der Waals surface area contributed by atoms with Crippen molar-refractivity contribution in [3.05, 3.63) is 46.7 Å². The number of H-pyrrole nitrogens is 1. The van der Waals surface area contributed by atoms with Gasteiger partial charge in [-0.3, -0.25) is 9.89 Å². The maximum atomic E-state index is 11.9. The summed E-state index contributed by atoms with van der Waals surface area (Å²) in [4.78, 5) is 11.9. The predicted molar refractivity (Wildman–Crippen MR) is 64.6 cm³/mol. The van der Waals surface area contributed by atoms with E-state index >= 15 is 0 Å². The minimum absolute atomic E-state index is 0.0150. The highest BCUT2D eigenvalue weighted by Gasteiger charge is 2.11. The third-order valence-electron chi connectivity index (χ3n) is 2.42. The van der Waals surface area contributed by atoms with Gasteiger partial charge < -0.3 is 4.74 Å². The molecule has 0 amide bonds. The van der Waals surface area contributed by atoms with E-state index in [0.29, 0.717) is 16.3 Å². The molecule has 0 aliphatic carbocycles. The third kappa shape index (κ3) is 2.65. The number of aromatic amines is 1. The van der Waals surface area contributed by atoms with Crippen LogP contribution in [0.2, 0.25) is 5.02 Å². The van der Waals surface area contributed by atoms with E-state index in [1.807, 2.05) is 0 Å². The van der Waals surface area contributed by atoms with Gasteiger partial charge in [-0.05, 0) is 24.3 Å². The second kappa shape index (κ2) is 5.01. The van der Waals surface area contributed by atoms with Crippen LogP contribution in [0.15, 0.2) is 30.5 Å². The highest BCUT2D eigenvalue weighted by Crippen LogP contribution is 2.16. The normalized spacial score (nSPS) is 10.2. The Morgan fingerprint density at radius 2 is 2.12 bits per heavy atom. The fourth-order valence-corrected chi connectivity index (χ4v) is 1.62. The van der Waals surface area contributed by atoms with Gasteiger partial charge in [0.1, 0.15) is 5.75 Å². The van der Waals surface area contributed by atoms with Crippen LogP contribution in [0.25, 0.3) is 0 Å². The maximum absolute atomic E-state index is 11.9. The Morgan fingerprint density at radius 1 is 1.41 bits per heavy atom. The molecule has 0 fully saturated rings. The summed E-state index contributed by atoms with van der Waals surface area (Å²) in [7, 11) is 1.58. The molecular weight excluding hydrogens is 240 g/mol. The number of benzene rings is 1. The number of ketones is 1. The number of carbonyl (C=O) groups is 1. The first-order valence-corrected chi connectivity index (χ1v) is 5.43. The maximum Gasteiger partial charge on any atom is 0.168 e. The molecule has 0 atom stereocenters. The molecule has 0 aliphatic heterocycles. The average molecular weight is 251 g/mol. The second-order valence-electron chi connectivity index (χ2n) is 3.52. The number of hydrogen-bond acceptors (Lipinski definition) is 3. The fourth-order valence-electron chi connectivity index (χ4n) is 1.46. The molecule has 17 heavy (non-hydrogen) atoms. The van der Waals surface area contributed by atoms with E-state index in [1.54, 1.807) is 31.4 Å². The van der Waals surface area contributed by atoms with Crippen LogP contribution >= 0.6 is 11.6 Å². The third-order valence-corrected chi connectivity index (χ3v) is 2.74. The van der Waals surface area contributed by atoms with Crippen molar-refractivity contribution in [2.45, 2.75) is 6.42 Å². The fraction of sp³-hybridized carbons (Fsp3) is 0.167. The Bertz CT molecular complexity index is 520. The lowest BCUT2D eigenvalue weighted by Gasteiger charge is -2.02. The van der Waals surface area contributed by atoms with Gasteiger partial charge in [-0.25, -0.2) is 0 Å². The van der Waals surface area contributed by atoms with Gasteiger partial charge in [0.05, 0.1) is 30.4 Å². The molecule has 0 aliphatic rings. The molecule has 1 N–H and O–H groups in total. The Hall–Kier alpha value is -1.81. The molecule has 4 nitrogen and oxygen atoms in total. The Labute approximate surface area is 104 Å². The van der Waals surface area contributed by atoms with Crippen molar-refractivity contribution < 1.29 is 9.53 Å². The van der Waals surface area contributed by atoms with Gasteiger partial charge in [-0.1, -0.05) is 11.6 Å². The highest BCUT2D eigenvalue weighted by molar-refractivity contribution is 6.31. The van der Waals surface area contributed by atoms with Gasteiger partial charge in [0.2, 0.25) is 0 Å². The minimum Gasteiger partial charge on any atom is -0.497 e. The number of Topliss-reactive ketones (excluding diaryl/α,β-unsaturated/α-hetero) is 1. The summed E-state index contributed by atoms with van der Waals surface area (Å²) in [5.74, 6) is 0.708. The van der Waals surface area contributed by atoms with Gasteiger partial charge in [0, 0.05) is 5.56 Å². The molecule has 2 aromatic rings. The zero-order valence-electron chi connectivity index (χ0n) is 9.24. The van der Waals surface area contributed by atoms with Crippen LogP contribution in [0.4, 0.5) is 0 Å². The smallest absolute Gasteiger partial charge is 0.168 e. The van der Waals surface area contributed by atoms with Crippen LogP contribution in [0.1, 0.15) is 16.1 Å². The lowest BCUT2D eigenvalue weighted by atomic mass is 10.1. The summed E-state index contributed by atoms with van der Waals surface area (Å²) < 4.78 is 5.03. The van der Waals surface area contributed by atoms with Crippen LogP contribution in [0.3, 0.4) is 0 Å². The summed E-state index contributed by atoms with van der Waals surface area (Å²) in [6.07, 6.45) is 1.70. The molecule has 0 bridgehead atoms. The van der Waals surface area contributed by atoms with Gasteiger partial charge in [-0.15, -0.1) is 0 Å². The summed E-state index contributed by atoms with van der Waals surface area (Å²) in [5, 5.41) is 6.95. The van der Waals surface area contributed by atoms with E-state index in [1.165, 1.54) is 6.20 Å².